The Kier molecular flexibility index (Phi) is 3.48. The average molecular weight is 267 g/mol. The van der Waals surface area contributed by atoms with Crippen LogP contribution in [0.5, 0.6) is 0 Å². The van der Waals surface area contributed by atoms with Crippen molar-refractivity contribution in [2.24, 2.45) is 0 Å². The van der Waals surface area contributed by atoms with Gasteiger partial charge >= 0.3 is 0 Å². The first-order chi connectivity index (χ1) is 9.74. The fourth-order valence-electron chi connectivity index (χ4n) is 2.27. The lowest BCUT2D eigenvalue weighted by Gasteiger charge is -2.17. The molecule has 0 saturated heterocycles. The molecule has 0 amide bonds. The summed E-state index contributed by atoms with van der Waals surface area (Å²) >= 11 is 0. The maximum absolute atomic E-state index is 5.78. The van der Waals surface area contributed by atoms with Crippen molar-refractivity contribution < 1.29 is 4.42 Å². The van der Waals surface area contributed by atoms with Crippen molar-refractivity contribution in [3.05, 3.63) is 60.2 Å². The quantitative estimate of drug-likeness (QED) is 0.784. The minimum absolute atomic E-state index is 0.0468. The van der Waals surface area contributed by atoms with Crippen LogP contribution < -0.4 is 5.32 Å². The fourth-order valence-corrected chi connectivity index (χ4v) is 2.27. The molecule has 0 bridgehead atoms. The van der Waals surface area contributed by atoms with E-state index in [-0.39, 0.29) is 12.1 Å². The molecule has 2 heterocycles. The summed E-state index contributed by atoms with van der Waals surface area (Å²) in [5.74, 6) is 0.715. The molecule has 1 aromatic carbocycles. The molecule has 1 N–H and O–H groups in total. The fraction of sp³-hybridized carbons (Fsp3) is 0.250. The maximum atomic E-state index is 5.78. The van der Waals surface area contributed by atoms with Gasteiger partial charge in [0.1, 0.15) is 5.52 Å². The average Bonchev–Trinajstić information content (AvgIpc) is 2.92. The number of para-hydroxylation sites is 2. The first kappa shape index (κ1) is 12.8. The van der Waals surface area contributed by atoms with Crippen molar-refractivity contribution in [3.8, 4) is 0 Å². The zero-order valence-corrected chi connectivity index (χ0v) is 11.6. The van der Waals surface area contributed by atoms with Gasteiger partial charge in [-0.05, 0) is 43.7 Å². The second-order valence-corrected chi connectivity index (χ2v) is 4.91. The molecule has 3 rings (SSSR count). The van der Waals surface area contributed by atoms with E-state index in [4.69, 9.17) is 4.42 Å². The lowest BCUT2D eigenvalue weighted by molar-refractivity contribution is 0.403. The van der Waals surface area contributed by atoms with Gasteiger partial charge in [0.15, 0.2) is 5.58 Å². The first-order valence-corrected chi connectivity index (χ1v) is 6.75. The Balaban J connectivity index is 1.77. The molecular weight excluding hydrogens is 250 g/mol. The number of hydrogen-bond donors (Lipinski definition) is 1. The smallest absolute Gasteiger partial charge is 0.212 e. The molecule has 0 saturated carbocycles. The van der Waals surface area contributed by atoms with Crippen LogP contribution in [-0.4, -0.2) is 9.97 Å². The predicted molar refractivity (Wildman–Crippen MR) is 78.2 cm³/mol. The maximum Gasteiger partial charge on any atom is 0.212 e. The summed E-state index contributed by atoms with van der Waals surface area (Å²) < 4.78 is 5.78. The van der Waals surface area contributed by atoms with E-state index in [0.717, 1.165) is 11.1 Å². The third-order valence-corrected chi connectivity index (χ3v) is 3.39. The molecule has 0 fully saturated rings. The van der Waals surface area contributed by atoms with E-state index >= 15 is 0 Å². The van der Waals surface area contributed by atoms with E-state index in [1.54, 1.807) is 12.4 Å². The van der Waals surface area contributed by atoms with E-state index < -0.39 is 0 Å². The molecular formula is C16H17N3O. The zero-order valence-electron chi connectivity index (χ0n) is 11.6. The van der Waals surface area contributed by atoms with Gasteiger partial charge < -0.3 is 4.42 Å². The van der Waals surface area contributed by atoms with E-state index in [2.05, 4.69) is 29.1 Å². The molecule has 0 aliphatic carbocycles. The van der Waals surface area contributed by atoms with Gasteiger partial charge in [0.05, 0.1) is 6.04 Å². The molecule has 4 nitrogen and oxygen atoms in total. The van der Waals surface area contributed by atoms with Crippen LogP contribution in [-0.2, 0) is 0 Å². The number of pyridine rings is 1. The Morgan fingerprint density at radius 1 is 1.00 bits per heavy atom. The Hall–Kier alpha value is -2.20. The molecule has 102 valence electrons. The minimum Gasteiger partial charge on any atom is -0.439 e. The molecule has 0 aliphatic heterocycles. The second-order valence-electron chi connectivity index (χ2n) is 4.91. The van der Waals surface area contributed by atoms with E-state index in [1.807, 2.05) is 36.4 Å². The third-order valence-electron chi connectivity index (χ3n) is 3.39. The summed E-state index contributed by atoms with van der Waals surface area (Å²) in [5, 5.41) is 3.49. The lowest BCUT2D eigenvalue weighted by Crippen LogP contribution is -2.22. The monoisotopic (exact) mass is 267 g/mol. The Morgan fingerprint density at radius 3 is 2.50 bits per heavy atom. The molecule has 2 aromatic heterocycles. The van der Waals surface area contributed by atoms with Crippen LogP contribution in [0, 0.1) is 0 Å². The summed E-state index contributed by atoms with van der Waals surface area (Å²) in [6.07, 6.45) is 3.61. The van der Waals surface area contributed by atoms with Crippen LogP contribution >= 0.6 is 0 Å². The normalized spacial score (nSPS) is 14.3. The standard InChI is InChI=1S/C16H17N3O/c1-11(13-7-9-17-10-8-13)18-12(2)16-19-14-5-3-4-6-15(14)20-16/h3-12,18H,1-2H3. The van der Waals surface area contributed by atoms with Crippen LogP contribution in [0.15, 0.2) is 53.2 Å². The summed E-state index contributed by atoms with van der Waals surface area (Å²) in [6.45, 7) is 4.18. The second kappa shape index (κ2) is 5.43. The molecule has 4 heteroatoms. The third kappa shape index (κ3) is 2.56. The summed E-state index contributed by atoms with van der Waals surface area (Å²) in [5.41, 5.74) is 2.92. The topological polar surface area (TPSA) is 51.0 Å². The summed E-state index contributed by atoms with van der Waals surface area (Å²) in [7, 11) is 0. The van der Waals surface area contributed by atoms with Crippen molar-refractivity contribution in [2.45, 2.75) is 25.9 Å². The van der Waals surface area contributed by atoms with Crippen LogP contribution in [0.4, 0.5) is 0 Å². The largest absolute Gasteiger partial charge is 0.439 e. The number of oxazole rings is 1. The number of nitrogens with zero attached hydrogens (tertiary/aromatic N) is 2. The van der Waals surface area contributed by atoms with Crippen molar-refractivity contribution in [3.63, 3.8) is 0 Å². The van der Waals surface area contributed by atoms with Crippen LogP contribution in [0.3, 0.4) is 0 Å². The number of fused-ring (bicyclic) bond motifs is 1. The van der Waals surface area contributed by atoms with Gasteiger partial charge in [0, 0.05) is 18.4 Å². The molecule has 0 aliphatic rings. The van der Waals surface area contributed by atoms with Gasteiger partial charge in [-0.2, -0.15) is 0 Å². The number of hydrogen-bond acceptors (Lipinski definition) is 4. The number of aromatic nitrogens is 2. The predicted octanol–water partition coefficient (Wildman–Crippen LogP) is 3.63. The van der Waals surface area contributed by atoms with Gasteiger partial charge in [-0.1, -0.05) is 12.1 Å². The van der Waals surface area contributed by atoms with Crippen molar-refractivity contribution in [1.29, 1.82) is 0 Å². The van der Waals surface area contributed by atoms with Gasteiger partial charge in [0.25, 0.3) is 0 Å². The minimum atomic E-state index is 0.0468. The van der Waals surface area contributed by atoms with Crippen LogP contribution in [0.25, 0.3) is 11.1 Å². The van der Waals surface area contributed by atoms with Gasteiger partial charge in [-0.3, -0.25) is 10.3 Å². The van der Waals surface area contributed by atoms with Crippen molar-refractivity contribution in [2.75, 3.05) is 0 Å². The van der Waals surface area contributed by atoms with Gasteiger partial charge in [-0.25, -0.2) is 4.98 Å². The van der Waals surface area contributed by atoms with Crippen molar-refractivity contribution in [1.82, 2.24) is 15.3 Å². The van der Waals surface area contributed by atoms with E-state index in [1.165, 1.54) is 5.56 Å². The molecule has 0 spiro atoms. The zero-order chi connectivity index (χ0) is 13.9. The Morgan fingerprint density at radius 2 is 1.75 bits per heavy atom. The molecule has 20 heavy (non-hydrogen) atoms. The van der Waals surface area contributed by atoms with Crippen LogP contribution in [0.1, 0.15) is 37.4 Å². The van der Waals surface area contributed by atoms with Gasteiger partial charge in [0.2, 0.25) is 5.89 Å². The molecule has 3 aromatic rings. The molecule has 2 atom stereocenters. The Labute approximate surface area is 117 Å². The van der Waals surface area contributed by atoms with E-state index in [9.17, 15) is 0 Å². The molecule has 2 unspecified atom stereocenters. The number of benzene rings is 1. The molecule has 0 radical (unpaired) electrons. The highest BCUT2D eigenvalue weighted by atomic mass is 16.3. The van der Waals surface area contributed by atoms with Crippen molar-refractivity contribution >= 4 is 11.1 Å². The summed E-state index contributed by atoms with van der Waals surface area (Å²) in [6, 6.07) is 12.1. The summed E-state index contributed by atoms with van der Waals surface area (Å²) in [4.78, 5) is 8.55. The van der Waals surface area contributed by atoms with Gasteiger partial charge in [-0.15, -0.1) is 0 Å². The lowest BCUT2D eigenvalue weighted by atomic mass is 10.1. The highest BCUT2D eigenvalue weighted by Crippen LogP contribution is 2.22. The van der Waals surface area contributed by atoms with Crippen LogP contribution in [0.2, 0.25) is 0 Å². The number of nitrogens with one attached hydrogen (secondary N) is 1. The SMILES string of the molecule is CC(NC(C)c1nc2ccccc2o1)c1ccncc1. The van der Waals surface area contributed by atoms with E-state index in [0.29, 0.717) is 5.89 Å². The number of rotatable bonds is 4. The highest BCUT2D eigenvalue weighted by Gasteiger charge is 2.16. The first-order valence-electron chi connectivity index (χ1n) is 6.75. The Bertz CT molecular complexity index is 660. The highest BCUT2D eigenvalue weighted by molar-refractivity contribution is 5.72.